The van der Waals surface area contributed by atoms with Crippen LogP contribution in [0.1, 0.15) is 36.0 Å². The third-order valence-electron chi connectivity index (χ3n) is 5.18. The van der Waals surface area contributed by atoms with Gasteiger partial charge in [-0.1, -0.05) is 6.07 Å². The first-order chi connectivity index (χ1) is 13.0. The largest absolute Gasteiger partial charge is 0.377 e. The van der Waals surface area contributed by atoms with Crippen molar-refractivity contribution in [2.75, 3.05) is 45.7 Å². The van der Waals surface area contributed by atoms with Crippen LogP contribution in [0.15, 0.2) is 24.3 Å². The second-order valence-electron chi connectivity index (χ2n) is 7.59. The lowest BCUT2D eigenvalue weighted by Crippen LogP contribution is -2.47. The number of nitrogens with zero attached hydrogens (tertiary/aromatic N) is 2. The summed E-state index contributed by atoms with van der Waals surface area (Å²) in [6, 6.07) is 6.97. The van der Waals surface area contributed by atoms with Gasteiger partial charge in [-0.05, 0) is 43.9 Å². The van der Waals surface area contributed by atoms with Gasteiger partial charge in [-0.15, -0.1) is 0 Å². The summed E-state index contributed by atoms with van der Waals surface area (Å²) in [4.78, 5) is 28.3. The zero-order valence-electron chi connectivity index (χ0n) is 16.2. The van der Waals surface area contributed by atoms with Crippen LogP contribution < -0.4 is 10.6 Å². The number of piperidine rings is 1. The SMILES string of the molecule is CN(C)C(=O)c1cccc(NC(=O)NC2CCN(C[C@H]3CCCO3)CC2)c1. The van der Waals surface area contributed by atoms with Gasteiger partial charge in [0.05, 0.1) is 6.10 Å². The minimum absolute atomic E-state index is 0.0855. The second kappa shape index (κ2) is 9.19. The molecule has 1 aromatic rings. The molecule has 0 unspecified atom stereocenters. The molecule has 0 bridgehead atoms. The van der Waals surface area contributed by atoms with E-state index in [1.54, 1.807) is 38.4 Å². The third kappa shape index (κ3) is 5.68. The zero-order valence-corrected chi connectivity index (χ0v) is 16.2. The molecule has 1 atom stereocenters. The number of amides is 3. The fraction of sp³-hybridized carbons (Fsp3) is 0.600. The maximum absolute atomic E-state index is 12.3. The molecule has 0 spiro atoms. The Morgan fingerprint density at radius 2 is 2.00 bits per heavy atom. The molecule has 2 aliphatic rings. The molecule has 0 saturated carbocycles. The highest BCUT2D eigenvalue weighted by molar-refractivity contribution is 5.96. The lowest BCUT2D eigenvalue weighted by Gasteiger charge is -2.33. The van der Waals surface area contributed by atoms with Crippen LogP contribution in [0, 0.1) is 0 Å². The number of carbonyl (C=O) groups is 2. The highest BCUT2D eigenvalue weighted by Gasteiger charge is 2.24. The summed E-state index contributed by atoms with van der Waals surface area (Å²) in [5.74, 6) is -0.0855. The number of benzene rings is 1. The van der Waals surface area contributed by atoms with E-state index in [9.17, 15) is 9.59 Å². The zero-order chi connectivity index (χ0) is 19.2. The van der Waals surface area contributed by atoms with Gasteiger partial charge in [0.25, 0.3) is 5.91 Å². The first kappa shape index (κ1) is 19.6. The monoisotopic (exact) mass is 374 g/mol. The van der Waals surface area contributed by atoms with Crippen molar-refractivity contribution in [3.63, 3.8) is 0 Å². The smallest absolute Gasteiger partial charge is 0.319 e. The molecule has 0 aliphatic carbocycles. The van der Waals surface area contributed by atoms with E-state index in [-0.39, 0.29) is 18.0 Å². The van der Waals surface area contributed by atoms with Crippen LogP contribution in [0.4, 0.5) is 10.5 Å². The average Bonchev–Trinajstić information content (AvgIpc) is 3.16. The predicted molar refractivity (Wildman–Crippen MR) is 105 cm³/mol. The number of anilines is 1. The molecule has 3 rings (SSSR count). The number of urea groups is 1. The third-order valence-corrected chi connectivity index (χ3v) is 5.18. The Bertz CT molecular complexity index is 650. The van der Waals surface area contributed by atoms with E-state index in [1.807, 2.05) is 0 Å². The van der Waals surface area contributed by atoms with Crippen LogP contribution >= 0.6 is 0 Å². The molecule has 2 N–H and O–H groups in total. The number of ether oxygens (including phenoxy) is 1. The Morgan fingerprint density at radius 3 is 2.67 bits per heavy atom. The minimum Gasteiger partial charge on any atom is -0.377 e. The number of hydrogen-bond acceptors (Lipinski definition) is 4. The lowest BCUT2D eigenvalue weighted by molar-refractivity contribution is 0.0633. The topological polar surface area (TPSA) is 73.9 Å². The highest BCUT2D eigenvalue weighted by Crippen LogP contribution is 2.17. The summed E-state index contributed by atoms with van der Waals surface area (Å²) >= 11 is 0. The van der Waals surface area contributed by atoms with Crippen molar-refractivity contribution in [2.45, 2.75) is 37.8 Å². The summed E-state index contributed by atoms with van der Waals surface area (Å²) in [5.41, 5.74) is 1.18. The van der Waals surface area contributed by atoms with Gasteiger partial charge < -0.3 is 25.2 Å². The van der Waals surface area contributed by atoms with Crippen molar-refractivity contribution in [1.29, 1.82) is 0 Å². The van der Waals surface area contributed by atoms with Crippen LogP contribution in [0.25, 0.3) is 0 Å². The quantitative estimate of drug-likeness (QED) is 0.828. The lowest BCUT2D eigenvalue weighted by atomic mass is 10.0. The van der Waals surface area contributed by atoms with Crippen LogP contribution in [0.2, 0.25) is 0 Å². The summed E-state index contributed by atoms with van der Waals surface area (Å²) in [5, 5.41) is 5.89. The van der Waals surface area contributed by atoms with Crippen LogP contribution in [0.3, 0.4) is 0 Å². The van der Waals surface area contributed by atoms with Gasteiger partial charge in [0.1, 0.15) is 0 Å². The Balaban J connectivity index is 1.43. The number of rotatable bonds is 5. The van der Waals surface area contributed by atoms with Gasteiger partial charge in [-0.2, -0.15) is 0 Å². The van der Waals surface area contributed by atoms with E-state index >= 15 is 0 Å². The number of nitrogens with one attached hydrogen (secondary N) is 2. The standard InChI is InChI=1S/C20H30N4O3/c1-23(2)19(25)15-5-3-6-17(13-15)22-20(26)21-16-8-10-24(11-9-16)14-18-7-4-12-27-18/h3,5-6,13,16,18H,4,7-12,14H2,1-2H3,(H2,21,22,26)/t18-/m1/s1. The first-order valence-corrected chi connectivity index (χ1v) is 9.74. The van der Waals surface area contributed by atoms with Crippen molar-refractivity contribution in [3.8, 4) is 0 Å². The van der Waals surface area contributed by atoms with Crippen LogP contribution in [-0.4, -0.2) is 74.2 Å². The predicted octanol–water partition coefficient (Wildman–Crippen LogP) is 2.15. The Labute approximate surface area is 161 Å². The van der Waals surface area contributed by atoms with Gasteiger partial charge in [0.2, 0.25) is 0 Å². The number of hydrogen-bond donors (Lipinski definition) is 2. The summed E-state index contributed by atoms with van der Waals surface area (Å²) in [6.45, 7) is 3.87. The maximum Gasteiger partial charge on any atom is 0.319 e. The van der Waals surface area contributed by atoms with Crippen LogP contribution in [0.5, 0.6) is 0 Å². The van der Waals surface area contributed by atoms with Crippen molar-refractivity contribution in [1.82, 2.24) is 15.1 Å². The molecule has 1 aromatic carbocycles. The van der Waals surface area contributed by atoms with Crippen molar-refractivity contribution >= 4 is 17.6 Å². The van der Waals surface area contributed by atoms with Crippen molar-refractivity contribution in [3.05, 3.63) is 29.8 Å². The maximum atomic E-state index is 12.3. The normalized spacial score (nSPS) is 21.0. The molecule has 7 nitrogen and oxygen atoms in total. The van der Waals surface area contributed by atoms with E-state index in [2.05, 4.69) is 15.5 Å². The molecule has 3 amide bonds. The Hall–Kier alpha value is -2.12. The molecule has 2 heterocycles. The highest BCUT2D eigenvalue weighted by atomic mass is 16.5. The fourth-order valence-corrected chi connectivity index (χ4v) is 3.68. The Morgan fingerprint density at radius 1 is 1.22 bits per heavy atom. The number of likely N-dealkylation sites (tertiary alicyclic amines) is 1. The number of carbonyl (C=O) groups excluding carboxylic acids is 2. The average molecular weight is 374 g/mol. The molecule has 7 heteroatoms. The van der Waals surface area contributed by atoms with E-state index in [4.69, 9.17) is 4.74 Å². The summed E-state index contributed by atoms with van der Waals surface area (Å²) < 4.78 is 5.71. The minimum atomic E-state index is -0.220. The molecule has 2 fully saturated rings. The molecule has 2 saturated heterocycles. The van der Waals surface area contributed by atoms with E-state index in [1.165, 1.54) is 11.3 Å². The van der Waals surface area contributed by atoms with Crippen LogP contribution in [-0.2, 0) is 4.74 Å². The summed E-state index contributed by atoms with van der Waals surface area (Å²) in [7, 11) is 3.42. The van der Waals surface area contributed by atoms with Gasteiger partial charge in [-0.3, -0.25) is 4.79 Å². The van der Waals surface area contributed by atoms with Gasteiger partial charge in [0.15, 0.2) is 0 Å². The Kier molecular flexibility index (Phi) is 6.68. The second-order valence-corrected chi connectivity index (χ2v) is 7.59. The molecule has 148 valence electrons. The van der Waals surface area contributed by atoms with E-state index in [0.29, 0.717) is 17.4 Å². The first-order valence-electron chi connectivity index (χ1n) is 9.74. The van der Waals surface area contributed by atoms with Crippen molar-refractivity contribution < 1.29 is 14.3 Å². The summed E-state index contributed by atoms with van der Waals surface area (Å²) in [6.07, 6.45) is 4.61. The van der Waals surface area contributed by atoms with Gasteiger partial charge >= 0.3 is 6.03 Å². The van der Waals surface area contributed by atoms with E-state index in [0.717, 1.165) is 45.5 Å². The molecule has 0 aromatic heterocycles. The molecule has 0 radical (unpaired) electrons. The molecular formula is C20H30N4O3. The molecule has 27 heavy (non-hydrogen) atoms. The fourth-order valence-electron chi connectivity index (χ4n) is 3.68. The molecule has 2 aliphatic heterocycles. The van der Waals surface area contributed by atoms with Gasteiger partial charge in [-0.25, -0.2) is 4.79 Å². The van der Waals surface area contributed by atoms with Crippen molar-refractivity contribution in [2.24, 2.45) is 0 Å². The van der Waals surface area contributed by atoms with E-state index < -0.39 is 0 Å². The molecular weight excluding hydrogens is 344 g/mol. The van der Waals surface area contributed by atoms with Gasteiger partial charge in [0, 0.05) is 57.6 Å².